The molecule has 0 aromatic carbocycles. The smallest absolute Gasteiger partial charge is 0.307 e. The molecule has 0 aromatic heterocycles. The highest BCUT2D eigenvalue weighted by Crippen LogP contribution is 2.46. The lowest BCUT2D eigenvalue weighted by atomic mass is 9.64. The van der Waals surface area contributed by atoms with Crippen molar-refractivity contribution in [3.05, 3.63) is 0 Å². The lowest BCUT2D eigenvalue weighted by molar-refractivity contribution is -0.169. The largest absolute Gasteiger partial charge is 0.481 e. The summed E-state index contributed by atoms with van der Waals surface area (Å²) < 4.78 is 11.2. The first-order valence-corrected chi connectivity index (χ1v) is 9.10. The van der Waals surface area contributed by atoms with Gasteiger partial charge in [-0.1, -0.05) is 6.92 Å². The van der Waals surface area contributed by atoms with E-state index < -0.39 is 11.9 Å². The molecule has 136 valence electrons. The van der Waals surface area contributed by atoms with Crippen LogP contribution in [0.1, 0.15) is 39.0 Å². The van der Waals surface area contributed by atoms with Crippen LogP contribution in [0.5, 0.6) is 0 Å². The van der Waals surface area contributed by atoms with Crippen molar-refractivity contribution in [2.75, 3.05) is 20.8 Å². The van der Waals surface area contributed by atoms with Crippen LogP contribution in [0.4, 0.5) is 0 Å². The molecule has 3 aliphatic rings. The highest BCUT2D eigenvalue weighted by molar-refractivity contribution is 5.86. The van der Waals surface area contributed by atoms with Crippen molar-refractivity contribution in [1.82, 2.24) is 4.90 Å². The molecule has 1 N–H and O–H groups in total. The molecule has 2 saturated heterocycles. The number of carbonyl (C=O) groups excluding carboxylic acids is 1. The van der Waals surface area contributed by atoms with Gasteiger partial charge in [0.25, 0.3) is 0 Å². The Labute approximate surface area is 143 Å². The van der Waals surface area contributed by atoms with Crippen LogP contribution in [0.25, 0.3) is 0 Å². The molecule has 3 fully saturated rings. The van der Waals surface area contributed by atoms with E-state index in [4.69, 9.17) is 9.47 Å². The Bertz CT molecular complexity index is 496. The van der Waals surface area contributed by atoms with E-state index in [9.17, 15) is 14.7 Å². The van der Waals surface area contributed by atoms with Crippen molar-refractivity contribution < 1.29 is 24.2 Å². The maximum atomic E-state index is 12.9. The first kappa shape index (κ1) is 17.7. The fourth-order valence-corrected chi connectivity index (χ4v) is 5.36. The Morgan fingerprint density at radius 2 is 1.88 bits per heavy atom. The van der Waals surface area contributed by atoms with Crippen LogP contribution in [-0.2, 0) is 19.1 Å². The summed E-state index contributed by atoms with van der Waals surface area (Å²) in [6.07, 6.45) is 4.06. The van der Waals surface area contributed by atoms with Gasteiger partial charge >= 0.3 is 5.97 Å². The van der Waals surface area contributed by atoms with Crippen LogP contribution in [0.3, 0.4) is 0 Å². The molecule has 2 heterocycles. The maximum Gasteiger partial charge on any atom is 0.307 e. The van der Waals surface area contributed by atoms with Crippen molar-refractivity contribution >= 4 is 11.9 Å². The second-order valence-corrected chi connectivity index (χ2v) is 7.53. The number of fused-ring (bicyclic) bond motifs is 3. The van der Waals surface area contributed by atoms with Crippen LogP contribution in [0.15, 0.2) is 0 Å². The number of carboxylic acids is 1. The van der Waals surface area contributed by atoms with Gasteiger partial charge in [0.05, 0.1) is 24.0 Å². The predicted molar refractivity (Wildman–Crippen MR) is 87.4 cm³/mol. The summed E-state index contributed by atoms with van der Waals surface area (Å²) in [6.45, 7) is 2.66. The predicted octanol–water partition coefficient (Wildman–Crippen LogP) is 1.77. The van der Waals surface area contributed by atoms with Gasteiger partial charge in [-0.15, -0.1) is 0 Å². The molecule has 0 bridgehead atoms. The zero-order chi connectivity index (χ0) is 17.4. The molecule has 2 aliphatic heterocycles. The fraction of sp³-hybridized carbons (Fsp3) is 0.889. The van der Waals surface area contributed by atoms with Gasteiger partial charge in [0, 0.05) is 26.8 Å². The molecule has 0 spiro atoms. The molecule has 1 amide bonds. The number of rotatable bonds is 4. The number of nitrogens with zero attached hydrogens (tertiary/aromatic N) is 1. The zero-order valence-electron chi connectivity index (χ0n) is 14.8. The van der Waals surface area contributed by atoms with E-state index in [1.54, 1.807) is 14.2 Å². The number of carboxylic acid groups (broad SMARTS) is 1. The van der Waals surface area contributed by atoms with Crippen LogP contribution < -0.4 is 0 Å². The van der Waals surface area contributed by atoms with Crippen molar-refractivity contribution in [3.8, 4) is 0 Å². The van der Waals surface area contributed by atoms with Crippen molar-refractivity contribution in [3.63, 3.8) is 0 Å². The van der Waals surface area contributed by atoms with E-state index in [0.29, 0.717) is 24.7 Å². The maximum absolute atomic E-state index is 12.9. The monoisotopic (exact) mass is 339 g/mol. The van der Waals surface area contributed by atoms with Crippen LogP contribution in [0.2, 0.25) is 0 Å². The lowest BCUT2D eigenvalue weighted by Gasteiger charge is -2.54. The molecule has 0 radical (unpaired) electrons. The van der Waals surface area contributed by atoms with Crippen LogP contribution >= 0.6 is 0 Å². The topological polar surface area (TPSA) is 76.1 Å². The summed E-state index contributed by atoms with van der Waals surface area (Å²) in [4.78, 5) is 26.5. The average molecular weight is 339 g/mol. The van der Waals surface area contributed by atoms with Gasteiger partial charge in [-0.3, -0.25) is 9.59 Å². The Morgan fingerprint density at radius 1 is 1.21 bits per heavy atom. The molecule has 0 aromatic rings. The second kappa shape index (κ2) is 7.00. The molecule has 24 heavy (non-hydrogen) atoms. The third-order valence-electron chi connectivity index (χ3n) is 6.64. The van der Waals surface area contributed by atoms with Gasteiger partial charge in [-0.05, 0) is 43.9 Å². The van der Waals surface area contributed by atoms with Gasteiger partial charge in [-0.2, -0.15) is 0 Å². The molecule has 3 rings (SSSR count). The molecule has 6 heteroatoms. The quantitative estimate of drug-likeness (QED) is 0.845. The molecule has 7 atom stereocenters. The van der Waals surface area contributed by atoms with Crippen molar-refractivity contribution in [2.45, 2.75) is 57.3 Å². The van der Waals surface area contributed by atoms with Crippen molar-refractivity contribution in [2.24, 2.45) is 23.7 Å². The highest BCUT2D eigenvalue weighted by Gasteiger charge is 2.52. The summed E-state index contributed by atoms with van der Waals surface area (Å²) in [6, 6.07) is 0.0376. The molecule has 1 aliphatic carbocycles. The minimum absolute atomic E-state index is 0.0264. The summed E-state index contributed by atoms with van der Waals surface area (Å²) in [7, 11) is 3.43. The molecule has 1 saturated carbocycles. The standard InChI is InChI=1S/C18H29NO5/c1-4-11-13(18(21)22)8-14-12-9-16(24-3)15(23-2)7-10(12)5-6-19(14)17(11)20/h10-16H,4-9H2,1-3H3,(H,21,22)/t10-,11+,12-,13+,14+,15+,16+/m1/s1. The molecular formula is C18H29NO5. The van der Waals surface area contributed by atoms with E-state index >= 15 is 0 Å². The Balaban J connectivity index is 1.84. The lowest BCUT2D eigenvalue weighted by Crippen LogP contribution is -2.61. The number of methoxy groups -OCH3 is 2. The SMILES string of the molecule is CC[C@@H]1C(=O)N2CC[C@@H]3C[C@H](OC)[C@@H](OC)C[C@H]3[C@@H]2C[C@@H]1C(=O)O. The first-order chi connectivity index (χ1) is 11.5. The van der Waals surface area contributed by atoms with E-state index in [0.717, 1.165) is 25.8 Å². The normalized spacial score (nSPS) is 42.4. The zero-order valence-corrected chi connectivity index (χ0v) is 14.8. The van der Waals surface area contributed by atoms with E-state index in [1.165, 1.54) is 0 Å². The molecular weight excluding hydrogens is 310 g/mol. The Kier molecular flexibility index (Phi) is 5.16. The number of amides is 1. The third-order valence-corrected chi connectivity index (χ3v) is 6.64. The summed E-state index contributed by atoms with van der Waals surface area (Å²) >= 11 is 0. The number of ether oxygens (including phenoxy) is 2. The van der Waals surface area contributed by atoms with Gasteiger partial charge < -0.3 is 19.5 Å². The minimum atomic E-state index is -0.828. The van der Waals surface area contributed by atoms with Crippen LogP contribution in [-0.4, -0.2) is 60.9 Å². The Hall–Kier alpha value is -1.14. The number of aliphatic carboxylic acids is 1. The van der Waals surface area contributed by atoms with Gasteiger partial charge in [-0.25, -0.2) is 0 Å². The van der Waals surface area contributed by atoms with Gasteiger partial charge in [0.15, 0.2) is 0 Å². The second-order valence-electron chi connectivity index (χ2n) is 7.53. The highest BCUT2D eigenvalue weighted by atomic mass is 16.5. The average Bonchev–Trinajstić information content (AvgIpc) is 2.59. The molecule has 0 unspecified atom stereocenters. The molecule has 6 nitrogen and oxygen atoms in total. The number of piperidine rings is 2. The fourth-order valence-electron chi connectivity index (χ4n) is 5.36. The van der Waals surface area contributed by atoms with E-state index in [-0.39, 0.29) is 30.1 Å². The van der Waals surface area contributed by atoms with Gasteiger partial charge in [0.1, 0.15) is 0 Å². The third kappa shape index (κ3) is 2.84. The number of hydrogen-bond donors (Lipinski definition) is 1. The number of carbonyl (C=O) groups is 2. The number of hydrogen-bond acceptors (Lipinski definition) is 4. The Morgan fingerprint density at radius 3 is 2.46 bits per heavy atom. The summed E-state index contributed by atoms with van der Waals surface area (Å²) in [5.74, 6) is -0.900. The van der Waals surface area contributed by atoms with Crippen LogP contribution in [0, 0.1) is 23.7 Å². The van der Waals surface area contributed by atoms with E-state index in [1.807, 2.05) is 11.8 Å². The van der Waals surface area contributed by atoms with E-state index in [2.05, 4.69) is 0 Å². The minimum Gasteiger partial charge on any atom is -0.481 e. The van der Waals surface area contributed by atoms with Gasteiger partial charge in [0.2, 0.25) is 5.91 Å². The van der Waals surface area contributed by atoms with Crippen molar-refractivity contribution in [1.29, 1.82) is 0 Å². The summed E-state index contributed by atoms with van der Waals surface area (Å²) in [5.41, 5.74) is 0. The summed E-state index contributed by atoms with van der Waals surface area (Å²) in [5, 5.41) is 9.61. The first-order valence-electron chi connectivity index (χ1n) is 9.10.